The second-order valence-corrected chi connectivity index (χ2v) is 9.12. The van der Waals surface area contributed by atoms with Crippen LogP contribution in [0.5, 0.6) is 0 Å². The van der Waals surface area contributed by atoms with E-state index in [0.29, 0.717) is 18.0 Å². The molecule has 7 nitrogen and oxygen atoms in total. The van der Waals surface area contributed by atoms with Gasteiger partial charge in [0.15, 0.2) is 5.16 Å². The normalized spacial score (nSPS) is 13.8. The van der Waals surface area contributed by atoms with Gasteiger partial charge in [-0.15, -0.1) is 0 Å². The van der Waals surface area contributed by atoms with Gasteiger partial charge in [-0.2, -0.15) is 0 Å². The van der Waals surface area contributed by atoms with Crippen molar-refractivity contribution in [2.24, 2.45) is 0 Å². The SMILES string of the molecule is CC(C)c1cc(N2CCOCC2)nc(SCc2ccc(C(=O)NCc3ccccn3)cc2)n1. The molecule has 172 valence electrons. The fraction of sp³-hybridized carbons (Fsp3) is 0.360. The number of thioether (sulfide) groups is 1. The number of carbonyl (C=O) groups is 1. The Morgan fingerprint density at radius 2 is 1.91 bits per heavy atom. The Bertz CT molecular complexity index is 1050. The molecule has 3 aromatic rings. The maximum atomic E-state index is 12.4. The lowest BCUT2D eigenvalue weighted by Crippen LogP contribution is -2.37. The molecule has 4 rings (SSSR count). The lowest BCUT2D eigenvalue weighted by Gasteiger charge is -2.28. The standard InChI is InChI=1S/C25H29N5O2S/c1-18(2)22-15-23(30-11-13-32-14-12-30)29-25(28-22)33-17-19-6-8-20(9-7-19)24(31)27-16-21-5-3-4-10-26-21/h3-10,15,18H,11-14,16-17H2,1-2H3,(H,27,31). The van der Waals surface area contributed by atoms with Crippen molar-refractivity contribution in [1.82, 2.24) is 20.3 Å². The highest BCUT2D eigenvalue weighted by Gasteiger charge is 2.16. The van der Waals surface area contributed by atoms with Gasteiger partial charge in [0.05, 0.1) is 25.5 Å². The van der Waals surface area contributed by atoms with E-state index in [4.69, 9.17) is 14.7 Å². The van der Waals surface area contributed by atoms with Gasteiger partial charge < -0.3 is 15.0 Å². The van der Waals surface area contributed by atoms with Gasteiger partial charge in [-0.25, -0.2) is 9.97 Å². The summed E-state index contributed by atoms with van der Waals surface area (Å²) in [6, 6.07) is 15.4. The van der Waals surface area contributed by atoms with Gasteiger partial charge in [0, 0.05) is 42.4 Å². The molecule has 0 bridgehead atoms. The lowest BCUT2D eigenvalue weighted by molar-refractivity contribution is 0.0950. The minimum atomic E-state index is -0.108. The van der Waals surface area contributed by atoms with Crippen molar-refractivity contribution in [3.63, 3.8) is 0 Å². The molecule has 8 heteroatoms. The molecule has 0 unspecified atom stereocenters. The average Bonchev–Trinajstić information content (AvgIpc) is 2.87. The number of nitrogens with zero attached hydrogens (tertiary/aromatic N) is 4. The van der Waals surface area contributed by atoms with Crippen LogP contribution in [0.25, 0.3) is 0 Å². The molecule has 1 saturated heterocycles. The smallest absolute Gasteiger partial charge is 0.251 e. The number of ether oxygens (including phenoxy) is 1. The Kier molecular flexibility index (Phi) is 7.91. The second-order valence-electron chi connectivity index (χ2n) is 8.18. The van der Waals surface area contributed by atoms with E-state index in [0.717, 1.165) is 60.0 Å². The first-order valence-corrected chi connectivity index (χ1v) is 12.2. The highest BCUT2D eigenvalue weighted by atomic mass is 32.2. The fourth-order valence-electron chi connectivity index (χ4n) is 3.42. The minimum absolute atomic E-state index is 0.108. The number of aromatic nitrogens is 3. The zero-order chi connectivity index (χ0) is 23.0. The van der Waals surface area contributed by atoms with E-state index in [1.54, 1.807) is 18.0 Å². The van der Waals surface area contributed by atoms with Gasteiger partial charge in [-0.3, -0.25) is 9.78 Å². The van der Waals surface area contributed by atoms with Crippen LogP contribution < -0.4 is 10.2 Å². The first-order chi connectivity index (χ1) is 16.1. The summed E-state index contributed by atoms with van der Waals surface area (Å²) in [4.78, 5) is 28.5. The number of pyridine rings is 1. The monoisotopic (exact) mass is 463 g/mol. The first-order valence-electron chi connectivity index (χ1n) is 11.2. The molecule has 1 N–H and O–H groups in total. The Balaban J connectivity index is 1.37. The molecule has 0 atom stereocenters. The number of amides is 1. The van der Waals surface area contributed by atoms with Crippen LogP contribution in [-0.2, 0) is 17.0 Å². The van der Waals surface area contributed by atoms with Crippen LogP contribution in [0, 0.1) is 0 Å². The largest absolute Gasteiger partial charge is 0.378 e. The van der Waals surface area contributed by atoms with Gasteiger partial charge in [0.1, 0.15) is 5.82 Å². The van der Waals surface area contributed by atoms with Crippen LogP contribution in [0.1, 0.15) is 47.1 Å². The summed E-state index contributed by atoms with van der Waals surface area (Å²) in [6.45, 7) is 7.86. The maximum Gasteiger partial charge on any atom is 0.251 e. The first kappa shape index (κ1) is 23.2. The van der Waals surface area contributed by atoms with E-state index in [1.165, 1.54) is 0 Å². The number of benzene rings is 1. The number of hydrogen-bond donors (Lipinski definition) is 1. The second kappa shape index (κ2) is 11.2. The molecule has 2 aromatic heterocycles. The lowest BCUT2D eigenvalue weighted by atomic mass is 10.1. The highest BCUT2D eigenvalue weighted by Crippen LogP contribution is 2.26. The van der Waals surface area contributed by atoms with E-state index < -0.39 is 0 Å². The Labute approximate surface area is 199 Å². The molecule has 1 aliphatic rings. The van der Waals surface area contributed by atoms with Gasteiger partial charge >= 0.3 is 0 Å². The number of carbonyl (C=O) groups excluding carboxylic acids is 1. The molecular formula is C25H29N5O2S. The van der Waals surface area contributed by atoms with E-state index in [9.17, 15) is 4.79 Å². The molecule has 33 heavy (non-hydrogen) atoms. The van der Waals surface area contributed by atoms with Crippen LogP contribution >= 0.6 is 11.8 Å². The van der Waals surface area contributed by atoms with Crippen molar-refractivity contribution in [3.05, 3.63) is 77.2 Å². The zero-order valence-electron chi connectivity index (χ0n) is 19.0. The fourth-order valence-corrected chi connectivity index (χ4v) is 4.24. The van der Waals surface area contributed by atoms with Gasteiger partial charge in [0.25, 0.3) is 5.91 Å². The number of morpholine rings is 1. The molecule has 0 radical (unpaired) electrons. The quantitative estimate of drug-likeness (QED) is 0.399. The summed E-state index contributed by atoms with van der Waals surface area (Å²) in [7, 11) is 0. The van der Waals surface area contributed by atoms with E-state index in [1.807, 2.05) is 42.5 Å². The van der Waals surface area contributed by atoms with Crippen LogP contribution in [0.2, 0.25) is 0 Å². The zero-order valence-corrected chi connectivity index (χ0v) is 19.8. The molecular weight excluding hydrogens is 434 g/mol. The molecule has 1 fully saturated rings. The van der Waals surface area contributed by atoms with E-state index in [2.05, 4.69) is 35.1 Å². The van der Waals surface area contributed by atoms with E-state index in [-0.39, 0.29) is 5.91 Å². The van der Waals surface area contributed by atoms with Crippen molar-refractivity contribution < 1.29 is 9.53 Å². The molecule has 0 saturated carbocycles. The van der Waals surface area contributed by atoms with E-state index >= 15 is 0 Å². The summed E-state index contributed by atoms with van der Waals surface area (Å²) in [5, 5.41) is 3.68. The van der Waals surface area contributed by atoms with Crippen molar-refractivity contribution in [2.75, 3.05) is 31.2 Å². The summed E-state index contributed by atoms with van der Waals surface area (Å²) in [5.41, 5.74) is 3.63. The molecule has 1 amide bonds. The third kappa shape index (κ3) is 6.52. The van der Waals surface area contributed by atoms with Crippen LogP contribution in [-0.4, -0.2) is 47.2 Å². The van der Waals surface area contributed by atoms with Crippen molar-refractivity contribution in [3.8, 4) is 0 Å². The van der Waals surface area contributed by atoms with Crippen molar-refractivity contribution in [1.29, 1.82) is 0 Å². The number of anilines is 1. The number of nitrogens with one attached hydrogen (secondary N) is 1. The van der Waals surface area contributed by atoms with Gasteiger partial charge in [-0.05, 0) is 35.7 Å². The molecule has 1 aromatic carbocycles. The highest BCUT2D eigenvalue weighted by molar-refractivity contribution is 7.98. The van der Waals surface area contributed by atoms with Gasteiger partial charge in [-0.1, -0.05) is 43.8 Å². The topological polar surface area (TPSA) is 80.2 Å². The molecule has 1 aliphatic heterocycles. The Morgan fingerprint density at radius 1 is 1.12 bits per heavy atom. The van der Waals surface area contributed by atoms with Crippen LogP contribution in [0.3, 0.4) is 0 Å². The summed E-state index contributed by atoms with van der Waals surface area (Å²) in [6.07, 6.45) is 1.72. The molecule has 0 spiro atoms. The van der Waals surface area contributed by atoms with Crippen molar-refractivity contribution >= 4 is 23.5 Å². The number of rotatable bonds is 8. The Hall–Kier alpha value is -2.97. The minimum Gasteiger partial charge on any atom is -0.378 e. The third-order valence-electron chi connectivity index (χ3n) is 5.38. The van der Waals surface area contributed by atoms with Gasteiger partial charge in [0.2, 0.25) is 0 Å². The maximum absolute atomic E-state index is 12.4. The Morgan fingerprint density at radius 3 is 2.61 bits per heavy atom. The summed E-state index contributed by atoms with van der Waals surface area (Å²) < 4.78 is 5.48. The summed E-state index contributed by atoms with van der Waals surface area (Å²) in [5.74, 6) is 1.93. The van der Waals surface area contributed by atoms with Crippen LogP contribution in [0.15, 0.2) is 59.9 Å². The molecule has 0 aliphatic carbocycles. The summed E-state index contributed by atoms with van der Waals surface area (Å²) >= 11 is 1.62. The molecule has 3 heterocycles. The predicted octanol–water partition coefficient (Wildman–Crippen LogP) is 4.05. The van der Waals surface area contributed by atoms with Crippen LogP contribution in [0.4, 0.5) is 5.82 Å². The predicted molar refractivity (Wildman–Crippen MR) is 131 cm³/mol. The van der Waals surface area contributed by atoms with Crippen molar-refractivity contribution in [2.45, 2.75) is 37.2 Å². The third-order valence-corrected chi connectivity index (χ3v) is 6.30. The average molecular weight is 464 g/mol. The number of hydrogen-bond acceptors (Lipinski definition) is 7.